The van der Waals surface area contributed by atoms with E-state index in [4.69, 9.17) is 5.73 Å². The van der Waals surface area contributed by atoms with E-state index >= 15 is 0 Å². The minimum absolute atomic E-state index is 0.00903. The number of rotatable bonds is 2. The van der Waals surface area contributed by atoms with Gasteiger partial charge in [0.25, 0.3) is 0 Å². The summed E-state index contributed by atoms with van der Waals surface area (Å²) in [5.41, 5.74) is 4.70. The Morgan fingerprint density at radius 1 is 1.10 bits per heavy atom. The Balaban J connectivity index is 2.51. The van der Waals surface area contributed by atoms with Crippen LogP contribution >= 0.6 is 0 Å². The first-order valence-electron chi connectivity index (χ1n) is 5.68. The quantitative estimate of drug-likeness (QED) is 0.834. The van der Waals surface area contributed by atoms with Gasteiger partial charge in [0, 0.05) is 17.7 Å². The number of fused-ring (bicyclic) bond motifs is 1. The highest BCUT2D eigenvalue weighted by atomic mass is 19.4. The van der Waals surface area contributed by atoms with Gasteiger partial charge in [0.1, 0.15) is 0 Å². The number of esters is 1. The average molecular weight is 299 g/mol. The van der Waals surface area contributed by atoms with Crippen LogP contribution in [-0.4, -0.2) is 30.3 Å². The molecule has 0 atom stereocenters. The Bertz CT molecular complexity index is 676. The van der Waals surface area contributed by atoms with E-state index in [0.717, 1.165) is 0 Å². The summed E-state index contributed by atoms with van der Waals surface area (Å²) in [4.78, 5) is 35.0. The number of carbonyl (C=O) groups is 3. The molecule has 21 heavy (non-hydrogen) atoms. The van der Waals surface area contributed by atoms with Gasteiger partial charge < -0.3 is 10.5 Å². The van der Waals surface area contributed by atoms with E-state index in [1.807, 2.05) is 0 Å². The van der Waals surface area contributed by atoms with E-state index in [2.05, 4.69) is 4.74 Å². The highest BCUT2D eigenvalue weighted by Gasteiger charge is 2.44. The van der Waals surface area contributed by atoms with Crippen molar-refractivity contribution in [1.82, 2.24) is 0 Å². The number of alkyl halides is 3. The summed E-state index contributed by atoms with van der Waals surface area (Å²) in [7, 11) is 0. The summed E-state index contributed by atoms with van der Waals surface area (Å²) >= 11 is 0. The van der Waals surface area contributed by atoms with Gasteiger partial charge in [0.05, 0.1) is 5.57 Å². The van der Waals surface area contributed by atoms with Gasteiger partial charge in [-0.25, -0.2) is 4.79 Å². The minimum Gasteiger partial charge on any atom is -0.415 e. The molecule has 0 spiro atoms. The fourth-order valence-electron chi connectivity index (χ4n) is 1.85. The fraction of sp³-hybridized carbons (Fsp3) is 0.154. The highest BCUT2D eigenvalue weighted by Crippen LogP contribution is 2.28. The number of nitrogens with two attached hydrogens (primary N) is 1. The van der Waals surface area contributed by atoms with Crippen LogP contribution in [0.1, 0.15) is 20.7 Å². The Morgan fingerprint density at radius 3 is 2.10 bits per heavy atom. The molecule has 1 aliphatic carbocycles. The first kappa shape index (κ1) is 14.9. The van der Waals surface area contributed by atoms with Crippen LogP contribution in [0.25, 0.3) is 0 Å². The topological polar surface area (TPSA) is 86.5 Å². The molecule has 1 aromatic carbocycles. The number of hydrogen-bond donors (Lipinski definition) is 1. The van der Waals surface area contributed by atoms with Gasteiger partial charge in [-0.05, 0) is 0 Å². The van der Waals surface area contributed by atoms with Crippen LogP contribution in [0.3, 0.4) is 0 Å². The third kappa shape index (κ3) is 2.57. The first-order valence-corrected chi connectivity index (χ1v) is 5.68. The van der Waals surface area contributed by atoms with Crippen molar-refractivity contribution < 1.29 is 32.3 Å². The molecule has 0 radical (unpaired) electrons. The number of benzene rings is 1. The van der Waals surface area contributed by atoms with Gasteiger partial charge in [-0.2, -0.15) is 13.2 Å². The van der Waals surface area contributed by atoms with Gasteiger partial charge in [-0.3, -0.25) is 9.59 Å². The van der Waals surface area contributed by atoms with Crippen molar-refractivity contribution in [2.24, 2.45) is 5.73 Å². The number of carbonyl (C=O) groups excluding carboxylic acids is 3. The van der Waals surface area contributed by atoms with Crippen LogP contribution in [0.2, 0.25) is 0 Å². The van der Waals surface area contributed by atoms with Gasteiger partial charge in [0.2, 0.25) is 5.78 Å². The second kappa shape index (κ2) is 5.13. The molecule has 8 heteroatoms. The summed E-state index contributed by atoms with van der Waals surface area (Å²) in [6.45, 7) is -0.528. The zero-order valence-electron chi connectivity index (χ0n) is 10.4. The minimum atomic E-state index is -5.28. The van der Waals surface area contributed by atoms with Gasteiger partial charge in [-0.15, -0.1) is 0 Å². The smallest absolute Gasteiger partial charge is 0.415 e. The normalized spacial score (nSPS) is 15.0. The molecule has 1 aromatic rings. The van der Waals surface area contributed by atoms with E-state index in [9.17, 15) is 27.6 Å². The summed E-state index contributed by atoms with van der Waals surface area (Å²) in [5, 5.41) is 0. The molecule has 2 rings (SSSR count). The number of Topliss-reactive ketones (excluding diaryl/α,β-unsaturated/α-hetero) is 2. The molecule has 1 aliphatic rings. The fourth-order valence-corrected chi connectivity index (χ4v) is 1.85. The average Bonchev–Trinajstić information content (AvgIpc) is 2.43. The lowest BCUT2D eigenvalue weighted by atomic mass is 9.88. The van der Waals surface area contributed by atoms with E-state index in [1.54, 1.807) is 0 Å². The maximum atomic E-state index is 12.2. The number of ketones is 2. The van der Waals surface area contributed by atoms with Crippen molar-refractivity contribution in [1.29, 1.82) is 0 Å². The lowest BCUT2D eigenvalue weighted by molar-refractivity contribution is -0.194. The number of hydrogen-bond acceptors (Lipinski definition) is 5. The largest absolute Gasteiger partial charge is 0.491 e. The predicted molar refractivity (Wildman–Crippen MR) is 63.3 cm³/mol. The van der Waals surface area contributed by atoms with Crippen LogP contribution in [0.5, 0.6) is 0 Å². The SMILES string of the molecule is NCC1=C(OC(=O)C(F)(F)F)C(=O)c2ccccc2C1=O. The van der Waals surface area contributed by atoms with Crippen molar-refractivity contribution >= 4 is 17.5 Å². The van der Waals surface area contributed by atoms with Crippen LogP contribution in [0, 0.1) is 0 Å². The molecule has 0 aliphatic heterocycles. The third-order valence-electron chi connectivity index (χ3n) is 2.80. The van der Waals surface area contributed by atoms with E-state index in [1.165, 1.54) is 24.3 Å². The molecule has 0 saturated carbocycles. The first-order chi connectivity index (χ1) is 9.77. The lowest BCUT2D eigenvalue weighted by Gasteiger charge is -2.19. The number of ether oxygens (including phenoxy) is 1. The van der Waals surface area contributed by atoms with Crippen molar-refractivity contribution in [3.63, 3.8) is 0 Å². The summed E-state index contributed by atoms with van der Waals surface area (Å²) < 4.78 is 40.8. The second-order valence-electron chi connectivity index (χ2n) is 4.10. The molecule has 5 nitrogen and oxygen atoms in total. The molecular weight excluding hydrogens is 291 g/mol. The molecule has 0 amide bonds. The zero-order valence-corrected chi connectivity index (χ0v) is 10.4. The van der Waals surface area contributed by atoms with Crippen molar-refractivity contribution in [2.75, 3.05) is 6.54 Å². The van der Waals surface area contributed by atoms with Gasteiger partial charge >= 0.3 is 12.1 Å². The van der Waals surface area contributed by atoms with E-state index in [0.29, 0.717) is 0 Å². The molecule has 110 valence electrons. The molecule has 0 bridgehead atoms. The van der Waals surface area contributed by atoms with Crippen LogP contribution in [-0.2, 0) is 9.53 Å². The van der Waals surface area contributed by atoms with E-state index in [-0.39, 0.29) is 11.1 Å². The van der Waals surface area contributed by atoms with Gasteiger partial charge in [0.15, 0.2) is 11.5 Å². The summed E-state index contributed by atoms with van der Waals surface area (Å²) in [5.74, 6) is -5.27. The monoisotopic (exact) mass is 299 g/mol. The third-order valence-corrected chi connectivity index (χ3v) is 2.80. The molecule has 0 fully saturated rings. The molecule has 2 N–H and O–H groups in total. The summed E-state index contributed by atoms with van der Waals surface area (Å²) in [6, 6.07) is 5.52. The van der Waals surface area contributed by atoms with Crippen molar-refractivity contribution in [3.8, 4) is 0 Å². The summed E-state index contributed by atoms with van der Waals surface area (Å²) in [6.07, 6.45) is -5.28. The van der Waals surface area contributed by atoms with Crippen molar-refractivity contribution in [3.05, 3.63) is 46.7 Å². The Labute approximate surface area is 116 Å². The Hall–Kier alpha value is -2.48. The van der Waals surface area contributed by atoms with Crippen LogP contribution in [0.4, 0.5) is 13.2 Å². The Kier molecular flexibility index (Phi) is 3.65. The second-order valence-corrected chi connectivity index (χ2v) is 4.10. The maximum Gasteiger partial charge on any atom is 0.491 e. The molecular formula is C13H8F3NO4. The Morgan fingerprint density at radius 2 is 1.62 bits per heavy atom. The molecule has 0 aromatic heterocycles. The zero-order chi connectivity index (χ0) is 15.8. The predicted octanol–water partition coefficient (Wildman–Crippen LogP) is 1.38. The molecule has 0 heterocycles. The maximum absolute atomic E-state index is 12.2. The van der Waals surface area contributed by atoms with Gasteiger partial charge in [-0.1, -0.05) is 24.3 Å². The highest BCUT2D eigenvalue weighted by molar-refractivity contribution is 6.26. The van der Waals surface area contributed by atoms with Crippen LogP contribution in [0.15, 0.2) is 35.6 Å². The van der Waals surface area contributed by atoms with E-state index < -0.39 is 41.6 Å². The standard InChI is InChI=1S/C13H8F3NO4/c14-13(15,16)12(20)21-11-8(5-17)9(18)6-3-1-2-4-7(6)10(11)19/h1-4H,5,17H2. The number of halogens is 3. The lowest BCUT2D eigenvalue weighted by Crippen LogP contribution is -2.32. The van der Waals surface area contributed by atoms with Crippen LogP contribution < -0.4 is 5.73 Å². The molecule has 0 unspecified atom stereocenters. The number of allylic oxidation sites excluding steroid dienone is 1. The van der Waals surface area contributed by atoms with Crippen molar-refractivity contribution in [2.45, 2.75) is 6.18 Å². The molecule has 0 saturated heterocycles.